The van der Waals surface area contributed by atoms with Gasteiger partial charge in [-0.1, -0.05) is 18.7 Å². The summed E-state index contributed by atoms with van der Waals surface area (Å²) in [5, 5.41) is 0. The van der Waals surface area contributed by atoms with E-state index in [1.807, 2.05) is 60.7 Å². The van der Waals surface area contributed by atoms with Crippen molar-refractivity contribution in [3.05, 3.63) is 84.0 Å². The topological polar surface area (TPSA) is 194 Å². The molecule has 2 aliphatic heterocycles. The first-order valence-electron chi connectivity index (χ1n) is 22.5. The van der Waals surface area contributed by atoms with E-state index in [9.17, 15) is 4.79 Å². The summed E-state index contributed by atoms with van der Waals surface area (Å²) in [6, 6.07) is 14.9. The molecule has 366 valence electrons. The first-order valence-corrected chi connectivity index (χ1v) is 22.5. The quantitative estimate of drug-likeness (QED) is 0.0194. The summed E-state index contributed by atoms with van der Waals surface area (Å²) in [5.74, 6) is 1.29. The molecular weight excluding hydrogens is 881 g/mol. The third-order valence-electron chi connectivity index (χ3n) is 9.97. The van der Waals surface area contributed by atoms with Crippen LogP contribution in [-0.2, 0) is 47.4 Å². The number of H-pyrrole nitrogens is 2. The van der Waals surface area contributed by atoms with Crippen LogP contribution in [0.5, 0.6) is 23.0 Å². The number of benzene rings is 1. The summed E-state index contributed by atoms with van der Waals surface area (Å²) in [6.07, 6.45) is 8.73. The Hall–Kier alpha value is -5.93. The number of esters is 1. The van der Waals surface area contributed by atoms with Gasteiger partial charge in [0.1, 0.15) is 42.7 Å². The number of aromatic nitrogens is 4. The highest BCUT2D eigenvalue weighted by molar-refractivity contribution is 5.93. The molecule has 0 amide bonds. The van der Waals surface area contributed by atoms with Gasteiger partial charge in [0, 0.05) is 38.5 Å². The van der Waals surface area contributed by atoms with Crippen LogP contribution < -0.4 is 18.9 Å². The summed E-state index contributed by atoms with van der Waals surface area (Å²) in [6.45, 7) is 10.6. The van der Waals surface area contributed by atoms with Gasteiger partial charge in [0.2, 0.25) is 0 Å². The van der Waals surface area contributed by atoms with Crippen molar-refractivity contribution >= 4 is 52.3 Å². The average molecular weight is 943 g/mol. The normalized spacial score (nSPS) is 11.9. The minimum absolute atomic E-state index is 0.227. The maximum atomic E-state index is 12.0. The standard InChI is InChI=1S/C50H62N4O14/c1-5-46(55)68-37-8-6-36(7-9-37)47-38-10-12-40(51-38)48(65-33-30-62-27-24-59-21-18-56-2)42-14-16-44(53-42)50(67-35-32-64-29-26-61-23-20-58-4)45-17-15-43(54-45)49(41-13-11-39(47)52-41)66-34-31-63-28-25-60-22-19-57-3/h5-17,51,54H,1,18-35H2,2-4H3. The van der Waals surface area contributed by atoms with Crippen LogP contribution in [0.3, 0.4) is 0 Å². The van der Waals surface area contributed by atoms with Crippen molar-refractivity contribution in [3.63, 3.8) is 0 Å². The molecule has 0 saturated heterocycles. The molecule has 0 atom stereocenters. The number of ether oxygens (including phenoxy) is 13. The summed E-state index contributed by atoms with van der Waals surface area (Å²) in [5.41, 5.74) is 6.57. The third-order valence-corrected chi connectivity index (χ3v) is 9.97. The Morgan fingerprint density at radius 3 is 1.19 bits per heavy atom. The second kappa shape index (κ2) is 29.1. The van der Waals surface area contributed by atoms with Gasteiger partial charge in [-0.25, -0.2) is 14.8 Å². The van der Waals surface area contributed by atoms with E-state index in [0.29, 0.717) is 161 Å². The number of rotatable bonds is 33. The summed E-state index contributed by atoms with van der Waals surface area (Å²) in [4.78, 5) is 29.4. The van der Waals surface area contributed by atoms with Crippen molar-refractivity contribution in [2.24, 2.45) is 0 Å². The Kier molecular flexibility index (Phi) is 22.0. The van der Waals surface area contributed by atoms with Crippen molar-refractivity contribution in [2.45, 2.75) is 0 Å². The van der Waals surface area contributed by atoms with Crippen molar-refractivity contribution in [2.75, 3.05) is 140 Å². The number of fused-ring (bicyclic) bond motifs is 8. The zero-order valence-corrected chi connectivity index (χ0v) is 39.1. The predicted octanol–water partition coefficient (Wildman–Crippen LogP) is 6.59. The molecule has 0 fully saturated rings. The van der Waals surface area contributed by atoms with Crippen molar-refractivity contribution in [1.82, 2.24) is 19.9 Å². The van der Waals surface area contributed by atoms with Gasteiger partial charge < -0.3 is 71.5 Å². The van der Waals surface area contributed by atoms with Crippen LogP contribution in [0.25, 0.3) is 57.5 Å². The van der Waals surface area contributed by atoms with Gasteiger partial charge >= 0.3 is 5.97 Å². The Morgan fingerprint density at radius 2 is 0.794 bits per heavy atom. The van der Waals surface area contributed by atoms with Crippen LogP contribution in [0.2, 0.25) is 0 Å². The van der Waals surface area contributed by atoms with Gasteiger partial charge in [-0.05, 0) is 66.3 Å². The molecule has 6 rings (SSSR count). The second-order valence-corrected chi connectivity index (χ2v) is 14.7. The van der Waals surface area contributed by atoms with Crippen LogP contribution in [0.15, 0.2) is 61.2 Å². The molecule has 0 radical (unpaired) electrons. The van der Waals surface area contributed by atoms with E-state index in [1.54, 1.807) is 33.5 Å². The van der Waals surface area contributed by atoms with E-state index in [-0.39, 0.29) is 19.8 Å². The molecule has 18 nitrogen and oxygen atoms in total. The minimum Gasteiger partial charge on any atom is -0.487 e. The van der Waals surface area contributed by atoms with Gasteiger partial charge in [-0.2, -0.15) is 0 Å². The predicted molar refractivity (Wildman–Crippen MR) is 257 cm³/mol. The lowest BCUT2D eigenvalue weighted by Gasteiger charge is -2.10. The van der Waals surface area contributed by atoms with Gasteiger partial charge in [0.15, 0.2) is 17.2 Å². The summed E-state index contributed by atoms with van der Waals surface area (Å²) < 4.78 is 74.1. The maximum absolute atomic E-state index is 12.0. The summed E-state index contributed by atoms with van der Waals surface area (Å²) >= 11 is 0. The number of aromatic amines is 2. The molecule has 0 unspecified atom stereocenters. The highest BCUT2D eigenvalue weighted by atomic mass is 16.6. The number of nitrogens with one attached hydrogen (secondary N) is 2. The lowest BCUT2D eigenvalue weighted by atomic mass is 10.0. The largest absolute Gasteiger partial charge is 0.487 e. The molecule has 1 aromatic carbocycles. The SMILES string of the molecule is C=CC(=O)Oc1ccc(-c2c3nc(c(OCCOCCOCCOC)c4ccc([nH]4)c(OCCOCCOCCOC)c4nc(c(OCCOCCOCCOC)c5ccc2[nH]5)C=C4)C=C3)cc1. The van der Waals surface area contributed by atoms with Gasteiger partial charge in [0.05, 0.1) is 121 Å². The fraction of sp³-hybridized carbons (Fsp3) is 0.420. The van der Waals surface area contributed by atoms with E-state index in [1.165, 1.54) is 0 Å². The number of hydrogen-bond acceptors (Lipinski definition) is 16. The van der Waals surface area contributed by atoms with Crippen molar-refractivity contribution in [3.8, 4) is 34.1 Å². The summed E-state index contributed by atoms with van der Waals surface area (Å²) in [7, 11) is 4.90. The van der Waals surface area contributed by atoms with Crippen LogP contribution in [-0.4, -0.2) is 166 Å². The number of nitrogens with zero attached hydrogens (tertiary/aromatic N) is 2. The molecule has 3 aromatic heterocycles. The molecule has 18 heteroatoms. The molecule has 5 heterocycles. The lowest BCUT2D eigenvalue weighted by Crippen LogP contribution is -2.13. The Labute approximate surface area is 396 Å². The minimum atomic E-state index is -0.558. The maximum Gasteiger partial charge on any atom is 0.335 e. The Bertz CT molecular complexity index is 2390. The molecule has 8 bridgehead atoms. The average Bonchev–Trinajstić information content (AvgIpc) is 4.21. The monoisotopic (exact) mass is 942 g/mol. The fourth-order valence-electron chi connectivity index (χ4n) is 6.73. The van der Waals surface area contributed by atoms with Crippen LogP contribution in [0.4, 0.5) is 0 Å². The molecular formula is C50H62N4O14. The number of hydrogen-bond donors (Lipinski definition) is 2. The molecule has 0 aliphatic carbocycles. The number of carbonyl (C=O) groups is 1. The molecule has 0 saturated carbocycles. The Morgan fingerprint density at radius 1 is 0.456 bits per heavy atom. The van der Waals surface area contributed by atoms with Crippen LogP contribution >= 0.6 is 0 Å². The van der Waals surface area contributed by atoms with Gasteiger partial charge in [0.25, 0.3) is 0 Å². The highest BCUT2D eigenvalue weighted by Crippen LogP contribution is 2.37. The molecule has 2 aliphatic rings. The first kappa shape index (κ1) is 51.5. The van der Waals surface area contributed by atoms with E-state index in [0.717, 1.165) is 22.7 Å². The number of methoxy groups -OCH3 is 3. The van der Waals surface area contributed by atoms with E-state index in [2.05, 4.69) is 16.5 Å². The van der Waals surface area contributed by atoms with Crippen molar-refractivity contribution < 1.29 is 66.4 Å². The van der Waals surface area contributed by atoms with Crippen LogP contribution in [0.1, 0.15) is 22.8 Å². The van der Waals surface area contributed by atoms with E-state index < -0.39 is 5.97 Å². The lowest BCUT2D eigenvalue weighted by molar-refractivity contribution is -0.128. The molecule has 4 aromatic rings. The van der Waals surface area contributed by atoms with Crippen LogP contribution in [0, 0.1) is 0 Å². The fourth-order valence-corrected chi connectivity index (χ4v) is 6.73. The molecule has 2 N–H and O–H groups in total. The third kappa shape index (κ3) is 15.8. The smallest absolute Gasteiger partial charge is 0.335 e. The van der Waals surface area contributed by atoms with E-state index >= 15 is 0 Å². The zero-order chi connectivity index (χ0) is 47.6. The highest BCUT2D eigenvalue weighted by Gasteiger charge is 2.19. The molecule has 68 heavy (non-hydrogen) atoms. The Balaban J connectivity index is 1.42. The van der Waals surface area contributed by atoms with Gasteiger partial charge in [-0.15, -0.1) is 0 Å². The number of carbonyl (C=O) groups excluding carboxylic acids is 1. The van der Waals surface area contributed by atoms with Crippen molar-refractivity contribution in [1.29, 1.82) is 0 Å². The first-order chi connectivity index (χ1) is 33.5. The van der Waals surface area contributed by atoms with Gasteiger partial charge in [-0.3, -0.25) is 0 Å². The second-order valence-electron chi connectivity index (χ2n) is 14.7. The molecule has 0 spiro atoms. The zero-order valence-electron chi connectivity index (χ0n) is 39.1. The van der Waals surface area contributed by atoms with E-state index in [4.69, 9.17) is 71.5 Å².